The summed E-state index contributed by atoms with van der Waals surface area (Å²) in [7, 11) is 3.96. The smallest absolute Gasteiger partial charge is 0.131 e. The maximum Gasteiger partial charge on any atom is 0.131 e. The molecule has 0 aliphatic rings. The Hall–Kier alpha value is -0.580. The van der Waals surface area contributed by atoms with Crippen LogP contribution >= 0.6 is 11.6 Å². The molecule has 0 fully saturated rings. The number of nitrogens with two attached hydrogens (primary N) is 1. The fourth-order valence-electron chi connectivity index (χ4n) is 1.91. The highest BCUT2D eigenvalue weighted by Gasteiger charge is 2.14. The number of halogens is 1. The predicted octanol–water partition coefficient (Wildman–Crippen LogP) is 2.19. The maximum absolute atomic E-state index is 6.22. The minimum Gasteiger partial charge on any atom is -0.327 e. The second-order valence-corrected chi connectivity index (χ2v) is 5.77. The summed E-state index contributed by atoms with van der Waals surface area (Å²) in [5.41, 5.74) is 8.17. The number of hydrogen-bond acceptors (Lipinski definition) is 3. The lowest BCUT2D eigenvalue weighted by molar-refractivity contribution is 0.296. The number of aryl methyl sites for hydroxylation is 2. The summed E-state index contributed by atoms with van der Waals surface area (Å²) < 4.78 is 1.72. The van der Waals surface area contributed by atoms with Crippen LogP contribution in [0.15, 0.2) is 0 Å². The van der Waals surface area contributed by atoms with Crippen LogP contribution in [0.4, 0.5) is 0 Å². The van der Waals surface area contributed by atoms with E-state index in [1.165, 1.54) is 0 Å². The highest BCUT2D eigenvalue weighted by molar-refractivity contribution is 6.30. The van der Waals surface area contributed by atoms with Crippen molar-refractivity contribution in [2.75, 3.05) is 13.6 Å². The lowest BCUT2D eigenvalue weighted by Gasteiger charge is -2.21. The van der Waals surface area contributed by atoms with E-state index in [2.05, 4.69) is 30.9 Å². The molecule has 1 aromatic rings. The van der Waals surface area contributed by atoms with E-state index in [0.717, 1.165) is 35.9 Å². The molecule has 0 bridgehead atoms. The van der Waals surface area contributed by atoms with E-state index in [1.807, 2.05) is 14.0 Å². The van der Waals surface area contributed by atoms with E-state index < -0.39 is 0 Å². The summed E-state index contributed by atoms with van der Waals surface area (Å²) in [5, 5.41) is 5.05. The summed E-state index contributed by atoms with van der Waals surface area (Å²) in [5.74, 6) is 0.530. The fourth-order valence-corrected chi connectivity index (χ4v) is 2.14. The molecule has 1 unspecified atom stereocenters. The van der Waals surface area contributed by atoms with Gasteiger partial charge in [-0.2, -0.15) is 5.10 Å². The number of rotatable bonds is 6. The Kier molecular flexibility index (Phi) is 5.63. The molecule has 0 saturated heterocycles. The van der Waals surface area contributed by atoms with Crippen molar-refractivity contribution in [2.24, 2.45) is 18.7 Å². The van der Waals surface area contributed by atoms with E-state index in [0.29, 0.717) is 5.92 Å². The van der Waals surface area contributed by atoms with Gasteiger partial charge >= 0.3 is 0 Å². The highest BCUT2D eigenvalue weighted by atomic mass is 35.5. The molecule has 1 heterocycles. The molecular weight excluding hydrogens is 248 g/mol. The SMILES string of the molecule is Cc1nn(C)c(Cl)c1CN(C)CCC(N)C(C)C. The van der Waals surface area contributed by atoms with Crippen molar-refractivity contribution in [3.63, 3.8) is 0 Å². The molecule has 0 amide bonds. The zero-order valence-electron chi connectivity index (χ0n) is 12.1. The lowest BCUT2D eigenvalue weighted by atomic mass is 10.0. The molecule has 0 aliphatic carbocycles. The van der Waals surface area contributed by atoms with Crippen LogP contribution in [0.5, 0.6) is 0 Å². The average Bonchev–Trinajstić information content (AvgIpc) is 2.52. The van der Waals surface area contributed by atoms with E-state index in [4.69, 9.17) is 17.3 Å². The van der Waals surface area contributed by atoms with Gasteiger partial charge in [0.2, 0.25) is 0 Å². The highest BCUT2D eigenvalue weighted by Crippen LogP contribution is 2.20. The molecule has 0 spiro atoms. The Balaban J connectivity index is 2.52. The molecule has 0 aromatic carbocycles. The Bertz CT molecular complexity index is 387. The molecule has 0 saturated carbocycles. The Morgan fingerprint density at radius 2 is 2.06 bits per heavy atom. The van der Waals surface area contributed by atoms with Crippen molar-refractivity contribution in [2.45, 2.75) is 39.8 Å². The first-order valence-corrected chi connectivity index (χ1v) is 6.82. The molecule has 1 rings (SSSR count). The van der Waals surface area contributed by atoms with E-state index >= 15 is 0 Å². The van der Waals surface area contributed by atoms with E-state index in [1.54, 1.807) is 4.68 Å². The molecule has 2 N–H and O–H groups in total. The molecule has 18 heavy (non-hydrogen) atoms. The minimum absolute atomic E-state index is 0.262. The third-order valence-corrected chi connectivity index (χ3v) is 3.87. The van der Waals surface area contributed by atoms with Crippen LogP contribution < -0.4 is 5.73 Å². The molecule has 4 nitrogen and oxygen atoms in total. The third kappa shape index (κ3) is 3.97. The van der Waals surface area contributed by atoms with Gasteiger partial charge in [-0.1, -0.05) is 25.4 Å². The van der Waals surface area contributed by atoms with E-state index in [9.17, 15) is 0 Å². The number of nitrogens with zero attached hydrogens (tertiary/aromatic N) is 3. The summed E-state index contributed by atoms with van der Waals surface area (Å²) in [6, 6.07) is 0.262. The van der Waals surface area contributed by atoms with Gasteiger partial charge in [0, 0.05) is 25.2 Å². The first-order chi connectivity index (χ1) is 8.32. The second-order valence-electron chi connectivity index (χ2n) is 5.41. The van der Waals surface area contributed by atoms with Crippen molar-refractivity contribution in [1.82, 2.24) is 14.7 Å². The molecule has 104 valence electrons. The number of aromatic nitrogens is 2. The standard InChI is InChI=1S/C13H25ClN4/c1-9(2)12(15)6-7-17(4)8-11-10(3)16-18(5)13(11)14/h9,12H,6-8,15H2,1-5H3. The van der Waals surface area contributed by atoms with Gasteiger partial charge < -0.3 is 10.6 Å². The van der Waals surface area contributed by atoms with Crippen molar-refractivity contribution < 1.29 is 0 Å². The first-order valence-electron chi connectivity index (χ1n) is 6.45. The molecule has 1 atom stereocenters. The van der Waals surface area contributed by atoms with Crippen LogP contribution in [0.1, 0.15) is 31.5 Å². The molecule has 0 aliphatic heterocycles. The summed E-state index contributed by atoms with van der Waals surface area (Å²) >= 11 is 6.22. The summed E-state index contributed by atoms with van der Waals surface area (Å²) in [6.45, 7) is 8.11. The lowest BCUT2D eigenvalue weighted by Crippen LogP contribution is -2.31. The summed E-state index contributed by atoms with van der Waals surface area (Å²) in [6.07, 6.45) is 1.01. The van der Waals surface area contributed by atoms with Gasteiger partial charge in [0.15, 0.2) is 0 Å². The van der Waals surface area contributed by atoms with E-state index in [-0.39, 0.29) is 6.04 Å². The van der Waals surface area contributed by atoms with Crippen molar-refractivity contribution >= 4 is 11.6 Å². The normalized spacial score (nSPS) is 13.6. The fraction of sp³-hybridized carbons (Fsp3) is 0.769. The Morgan fingerprint density at radius 3 is 2.50 bits per heavy atom. The van der Waals surface area contributed by atoms with Crippen LogP contribution in [-0.2, 0) is 13.6 Å². The average molecular weight is 273 g/mol. The van der Waals surface area contributed by atoms with Gasteiger partial charge in [0.05, 0.1) is 5.69 Å². The van der Waals surface area contributed by atoms with Gasteiger partial charge in [-0.15, -0.1) is 0 Å². The zero-order chi connectivity index (χ0) is 13.9. The topological polar surface area (TPSA) is 47.1 Å². The van der Waals surface area contributed by atoms with Gasteiger partial charge in [0.25, 0.3) is 0 Å². The predicted molar refractivity (Wildman–Crippen MR) is 76.7 cm³/mol. The molecule has 0 radical (unpaired) electrons. The van der Waals surface area contributed by atoms with Crippen LogP contribution in [0, 0.1) is 12.8 Å². The Labute approximate surface area is 115 Å². The summed E-state index contributed by atoms with van der Waals surface area (Å²) in [4.78, 5) is 2.25. The Morgan fingerprint density at radius 1 is 1.44 bits per heavy atom. The largest absolute Gasteiger partial charge is 0.327 e. The minimum atomic E-state index is 0.262. The van der Waals surface area contributed by atoms with Gasteiger partial charge in [0.1, 0.15) is 5.15 Å². The third-order valence-electron chi connectivity index (χ3n) is 3.40. The molecular formula is C13H25ClN4. The zero-order valence-corrected chi connectivity index (χ0v) is 12.8. The van der Waals surface area contributed by atoms with Gasteiger partial charge in [-0.25, -0.2) is 0 Å². The van der Waals surface area contributed by atoms with Crippen LogP contribution in [0.25, 0.3) is 0 Å². The van der Waals surface area contributed by atoms with Crippen molar-refractivity contribution in [3.8, 4) is 0 Å². The van der Waals surface area contributed by atoms with Crippen LogP contribution in [0.2, 0.25) is 5.15 Å². The van der Waals surface area contributed by atoms with Crippen molar-refractivity contribution in [1.29, 1.82) is 0 Å². The number of hydrogen-bond donors (Lipinski definition) is 1. The van der Waals surface area contributed by atoms with Gasteiger partial charge in [-0.05, 0) is 32.9 Å². The van der Waals surface area contributed by atoms with Crippen LogP contribution in [0.3, 0.4) is 0 Å². The molecule has 5 heteroatoms. The van der Waals surface area contributed by atoms with Crippen LogP contribution in [-0.4, -0.2) is 34.3 Å². The first kappa shape index (κ1) is 15.5. The molecule has 1 aromatic heterocycles. The van der Waals surface area contributed by atoms with Crippen molar-refractivity contribution in [3.05, 3.63) is 16.4 Å². The quantitative estimate of drug-likeness (QED) is 0.864. The monoisotopic (exact) mass is 272 g/mol. The second kappa shape index (κ2) is 6.55. The maximum atomic E-state index is 6.22. The van der Waals surface area contributed by atoms with Gasteiger partial charge in [-0.3, -0.25) is 4.68 Å².